The minimum atomic E-state index is -0.666. The van der Waals surface area contributed by atoms with Gasteiger partial charge in [0.25, 0.3) is 5.69 Å². The van der Waals surface area contributed by atoms with Gasteiger partial charge in [-0.2, -0.15) is 0 Å². The molecule has 1 aliphatic heterocycles. The summed E-state index contributed by atoms with van der Waals surface area (Å²) in [5, 5.41) is 16.7. The van der Waals surface area contributed by atoms with E-state index in [0.717, 1.165) is 31.6 Å². The van der Waals surface area contributed by atoms with Gasteiger partial charge < -0.3 is 15.4 Å². The smallest absolute Gasteiger partial charge is 0.295 e. The van der Waals surface area contributed by atoms with Gasteiger partial charge in [0.05, 0.1) is 17.1 Å². The number of hydrogen-bond acceptors (Lipinski definition) is 4. The van der Waals surface area contributed by atoms with Crippen LogP contribution in [0.5, 0.6) is 0 Å². The van der Waals surface area contributed by atoms with E-state index >= 15 is 0 Å². The van der Waals surface area contributed by atoms with Crippen LogP contribution in [0.1, 0.15) is 12.8 Å². The number of rotatable bonds is 4. The van der Waals surface area contributed by atoms with Crippen LogP contribution >= 0.6 is 12.2 Å². The van der Waals surface area contributed by atoms with Gasteiger partial charge in [-0.1, -0.05) is 0 Å². The summed E-state index contributed by atoms with van der Waals surface area (Å²) in [5.74, 6) is -0.666. The molecule has 0 bridgehead atoms. The lowest BCUT2D eigenvalue weighted by Gasteiger charge is -2.14. The van der Waals surface area contributed by atoms with E-state index in [9.17, 15) is 14.5 Å². The largest absolute Gasteiger partial charge is 0.376 e. The van der Waals surface area contributed by atoms with E-state index in [2.05, 4.69) is 10.6 Å². The quantitative estimate of drug-likeness (QED) is 0.504. The molecular formula is C12H14FN3O3S. The summed E-state index contributed by atoms with van der Waals surface area (Å²) in [7, 11) is 0. The van der Waals surface area contributed by atoms with E-state index in [1.165, 1.54) is 6.07 Å². The highest BCUT2D eigenvalue weighted by Crippen LogP contribution is 2.24. The zero-order valence-corrected chi connectivity index (χ0v) is 11.4. The molecule has 6 nitrogen and oxygen atoms in total. The van der Waals surface area contributed by atoms with Crippen molar-refractivity contribution in [3.8, 4) is 0 Å². The van der Waals surface area contributed by atoms with Crippen LogP contribution in [0.2, 0.25) is 0 Å². The monoisotopic (exact) mass is 299 g/mol. The first kappa shape index (κ1) is 14.6. The number of thiocarbonyl (C=S) groups is 1. The molecule has 0 radical (unpaired) electrons. The Labute approximate surface area is 120 Å². The molecule has 8 heteroatoms. The van der Waals surface area contributed by atoms with Crippen molar-refractivity contribution in [1.29, 1.82) is 0 Å². The molecule has 0 spiro atoms. The van der Waals surface area contributed by atoms with Gasteiger partial charge in [-0.05, 0) is 37.2 Å². The Morgan fingerprint density at radius 2 is 2.40 bits per heavy atom. The van der Waals surface area contributed by atoms with Crippen molar-refractivity contribution >= 4 is 28.7 Å². The number of ether oxygens (including phenoxy) is 1. The zero-order valence-electron chi connectivity index (χ0n) is 10.6. The van der Waals surface area contributed by atoms with Crippen LogP contribution in [0.15, 0.2) is 18.2 Å². The molecule has 2 rings (SSSR count). The molecule has 1 atom stereocenters. The molecule has 2 N–H and O–H groups in total. The normalized spacial score (nSPS) is 17.8. The van der Waals surface area contributed by atoms with E-state index in [0.29, 0.717) is 6.54 Å². The molecule has 0 amide bonds. The Bertz CT molecular complexity index is 521. The molecule has 0 aliphatic carbocycles. The fraction of sp³-hybridized carbons (Fsp3) is 0.417. The molecule has 0 aromatic heterocycles. The highest BCUT2D eigenvalue weighted by Gasteiger charge is 2.18. The number of nitro groups is 1. The van der Waals surface area contributed by atoms with Crippen LogP contribution in [0.25, 0.3) is 0 Å². The van der Waals surface area contributed by atoms with Gasteiger partial charge in [-0.3, -0.25) is 10.1 Å². The highest BCUT2D eigenvalue weighted by molar-refractivity contribution is 7.80. The van der Waals surface area contributed by atoms with E-state index in [1.807, 2.05) is 0 Å². The van der Waals surface area contributed by atoms with E-state index in [-0.39, 0.29) is 22.6 Å². The number of hydrogen-bond donors (Lipinski definition) is 2. The summed E-state index contributed by atoms with van der Waals surface area (Å²) in [6, 6.07) is 3.27. The Morgan fingerprint density at radius 1 is 1.60 bits per heavy atom. The van der Waals surface area contributed by atoms with Crippen molar-refractivity contribution in [2.75, 3.05) is 18.5 Å². The number of nitrogens with zero attached hydrogens (tertiary/aromatic N) is 1. The summed E-state index contributed by atoms with van der Waals surface area (Å²) >= 11 is 5.06. The summed E-state index contributed by atoms with van der Waals surface area (Å²) in [4.78, 5) is 10.2. The lowest BCUT2D eigenvalue weighted by atomic mass is 10.2. The van der Waals surface area contributed by atoms with Crippen molar-refractivity contribution in [3.63, 3.8) is 0 Å². The lowest BCUT2D eigenvalue weighted by Crippen LogP contribution is -2.34. The standard InChI is InChI=1S/C12H14FN3O3S/c13-8-3-4-10(11(6-8)16(17)18)15-12(20)14-7-9-2-1-5-19-9/h3-4,6,9H,1-2,5,7H2,(H2,14,15,20)/t9-/m0/s1. The van der Waals surface area contributed by atoms with Crippen LogP contribution in [0.4, 0.5) is 15.8 Å². The minimum Gasteiger partial charge on any atom is -0.376 e. The van der Waals surface area contributed by atoms with Crippen LogP contribution in [-0.4, -0.2) is 29.3 Å². The maximum absolute atomic E-state index is 13.0. The average Bonchev–Trinajstić information content (AvgIpc) is 2.91. The highest BCUT2D eigenvalue weighted by atomic mass is 32.1. The van der Waals surface area contributed by atoms with E-state index < -0.39 is 10.7 Å². The number of halogens is 1. The fourth-order valence-corrected chi connectivity index (χ4v) is 2.13. The van der Waals surface area contributed by atoms with Gasteiger partial charge >= 0.3 is 0 Å². The maximum atomic E-state index is 13.0. The molecule has 1 aromatic carbocycles. The van der Waals surface area contributed by atoms with Gasteiger partial charge in [0.2, 0.25) is 0 Å². The average molecular weight is 299 g/mol. The first-order chi connectivity index (χ1) is 9.56. The van der Waals surface area contributed by atoms with Crippen LogP contribution < -0.4 is 10.6 Å². The minimum absolute atomic E-state index is 0.109. The Kier molecular flexibility index (Phi) is 4.80. The van der Waals surface area contributed by atoms with E-state index in [1.54, 1.807) is 0 Å². The van der Waals surface area contributed by atoms with Gasteiger partial charge in [0.15, 0.2) is 5.11 Å². The van der Waals surface area contributed by atoms with Crippen LogP contribution in [0.3, 0.4) is 0 Å². The third-order valence-electron chi connectivity index (χ3n) is 2.92. The Hall–Kier alpha value is -1.80. The molecule has 1 aliphatic rings. The predicted octanol–water partition coefficient (Wildman–Crippen LogP) is 2.20. The fourth-order valence-electron chi connectivity index (χ4n) is 1.94. The second kappa shape index (κ2) is 6.58. The van der Waals surface area contributed by atoms with Crippen molar-refractivity contribution in [3.05, 3.63) is 34.1 Å². The lowest BCUT2D eigenvalue weighted by molar-refractivity contribution is -0.384. The van der Waals surface area contributed by atoms with Gasteiger partial charge in [-0.15, -0.1) is 0 Å². The summed E-state index contributed by atoms with van der Waals surface area (Å²) in [5.41, 5.74) is -0.201. The van der Waals surface area contributed by atoms with Gasteiger partial charge in [0.1, 0.15) is 11.5 Å². The summed E-state index contributed by atoms with van der Waals surface area (Å²) in [6.07, 6.45) is 2.10. The second-order valence-corrected chi connectivity index (χ2v) is 4.80. The predicted molar refractivity (Wildman–Crippen MR) is 76.3 cm³/mol. The summed E-state index contributed by atoms with van der Waals surface area (Å²) < 4.78 is 18.4. The number of nitro benzene ring substituents is 1. The third-order valence-corrected chi connectivity index (χ3v) is 3.17. The number of nitrogens with one attached hydrogen (secondary N) is 2. The van der Waals surface area contributed by atoms with Crippen molar-refractivity contribution in [2.45, 2.75) is 18.9 Å². The van der Waals surface area contributed by atoms with Gasteiger partial charge in [0, 0.05) is 13.2 Å². The topological polar surface area (TPSA) is 76.4 Å². The first-order valence-electron chi connectivity index (χ1n) is 6.16. The Morgan fingerprint density at radius 3 is 3.05 bits per heavy atom. The molecular weight excluding hydrogens is 285 g/mol. The van der Waals surface area contributed by atoms with Crippen molar-refractivity contribution in [1.82, 2.24) is 5.32 Å². The van der Waals surface area contributed by atoms with Crippen LogP contribution in [0, 0.1) is 15.9 Å². The first-order valence-corrected chi connectivity index (χ1v) is 6.57. The molecule has 1 fully saturated rings. The molecule has 0 unspecified atom stereocenters. The molecule has 1 saturated heterocycles. The number of anilines is 1. The Balaban J connectivity index is 1.94. The SMILES string of the molecule is O=[N+]([O-])c1cc(F)ccc1NC(=S)NC[C@@H]1CCCO1. The second-order valence-electron chi connectivity index (χ2n) is 4.39. The molecule has 20 heavy (non-hydrogen) atoms. The number of benzene rings is 1. The molecule has 0 saturated carbocycles. The van der Waals surface area contributed by atoms with Crippen molar-refractivity contribution < 1.29 is 14.1 Å². The molecule has 108 valence electrons. The van der Waals surface area contributed by atoms with Gasteiger partial charge in [-0.25, -0.2) is 4.39 Å². The molecule has 1 aromatic rings. The van der Waals surface area contributed by atoms with E-state index in [4.69, 9.17) is 17.0 Å². The third kappa shape index (κ3) is 3.84. The summed E-state index contributed by atoms with van der Waals surface area (Å²) in [6.45, 7) is 1.29. The van der Waals surface area contributed by atoms with Crippen molar-refractivity contribution in [2.24, 2.45) is 0 Å². The maximum Gasteiger partial charge on any atom is 0.295 e. The zero-order chi connectivity index (χ0) is 14.5. The van der Waals surface area contributed by atoms with Crippen LogP contribution in [-0.2, 0) is 4.74 Å². The molecule has 1 heterocycles.